The molecule has 0 saturated carbocycles. The zero-order valence-electron chi connectivity index (χ0n) is 18.3. The Balaban J connectivity index is 1.62. The number of hydrogen-bond donors (Lipinski definition) is 0. The van der Waals surface area contributed by atoms with Crippen molar-refractivity contribution in [1.29, 1.82) is 0 Å². The number of nitrogens with zero attached hydrogens (tertiary/aromatic N) is 3. The molecule has 1 aliphatic rings. The zero-order chi connectivity index (χ0) is 21.9. The number of carbonyl (C=O) groups is 1. The summed E-state index contributed by atoms with van der Waals surface area (Å²) in [6.07, 6.45) is 4.80. The number of aryl methyl sites for hydroxylation is 2. The summed E-state index contributed by atoms with van der Waals surface area (Å²) in [4.78, 5) is 16.6. The zero-order valence-corrected chi connectivity index (χ0v) is 19.1. The average Bonchev–Trinajstić information content (AvgIpc) is 2.98. The van der Waals surface area contributed by atoms with E-state index in [1.54, 1.807) is 6.08 Å². The summed E-state index contributed by atoms with van der Waals surface area (Å²) in [6, 6.07) is 10.5. The minimum absolute atomic E-state index is 0.00194. The molecule has 1 aliphatic heterocycles. The Bertz CT molecular complexity index is 1030. The maximum absolute atomic E-state index is 12.6. The molecule has 0 spiro atoms. The predicted molar refractivity (Wildman–Crippen MR) is 122 cm³/mol. The van der Waals surface area contributed by atoms with Gasteiger partial charge in [-0.05, 0) is 50.6 Å². The summed E-state index contributed by atoms with van der Waals surface area (Å²) in [7, 11) is -2.96. The van der Waals surface area contributed by atoms with Crippen molar-refractivity contribution in [2.45, 2.75) is 20.8 Å². The van der Waals surface area contributed by atoms with Crippen molar-refractivity contribution in [3.8, 4) is 5.69 Å². The summed E-state index contributed by atoms with van der Waals surface area (Å²) in [5, 5.41) is 0. The standard InChI is InChI=1S/C23H31N3O3S/c1-18-5-8-22(9-6-18)26-19(2)17-21(20(26)3)7-10-23(27)25-13-11-24(12-14-25)15-16-30(4,28)29/h5-10,17H,11-16H2,1-4H3/b10-7+. The number of piperazine rings is 1. The van der Waals surface area contributed by atoms with Crippen molar-refractivity contribution in [3.63, 3.8) is 0 Å². The van der Waals surface area contributed by atoms with Crippen molar-refractivity contribution in [2.24, 2.45) is 0 Å². The summed E-state index contributed by atoms with van der Waals surface area (Å²) < 4.78 is 24.8. The molecule has 1 fully saturated rings. The van der Waals surface area contributed by atoms with Crippen molar-refractivity contribution >= 4 is 21.8 Å². The van der Waals surface area contributed by atoms with Crippen LogP contribution in [0.25, 0.3) is 11.8 Å². The average molecular weight is 430 g/mol. The molecule has 0 bridgehead atoms. The van der Waals surface area contributed by atoms with Gasteiger partial charge in [-0.15, -0.1) is 0 Å². The van der Waals surface area contributed by atoms with Crippen LogP contribution >= 0.6 is 0 Å². The van der Waals surface area contributed by atoms with Gasteiger partial charge in [-0.25, -0.2) is 8.42 Å². The highest BCUT2D eigenvalue weighted by Crippen LogP contribution is 2.22. The number of rotatable bonds is 6. The lowest BCUT2D eigenvalue weighted by molar-refractivity contribution is -0.127. The Kier molecular flexibility index (Phi) is 6.83. The fraction of sp³-hybridized carbons (Fsp3) is 0.435. The van der Waals surface area contributed by atoms with Gasteiger partial charge < -0.3 is 9.47 Å². The Morgan fingerprint density at radius 1 is 1.03 bits per heavy atom. The second-order valence-electron chi connectivity index (χ2n) is 8.13. The molecule has 6 nitrogen and oxygen atoms in total. The molecule has 0 radical (unpaired) electrons. The Morgan fingerprint density at radius 2 is 1.67 bits per heavy atom. The molecule has 1 saturated heterocycles. The maximum atomic E-state index is 12.6. The third-order valence-corrected chi connectivity index (χ3v) is 6.55. The monoisotopic (exact) mass is 429 g/mol. The number of amides is 1. The topological polar surface area (TPSA) is 62.6 Å². The third-order valence-electron chi connectivity index (χ3n) is 5.63. The van der Waals surface area contributed by atoms with E-state index in [0.29, 0.717) is 32.7 Å². The van der Waals surface area contributed by atoms with Gasteiger partial charge in [0.25, 0.3) is 0 Å². The number of benzene rings is 1. The first-order chi connectivity index (χ1) is 14.1. The van der Waals surface area contributed by atoms with Gasteiger partial charge in [-0.3, -0.25) is 9.69 Å². The fourth-order valence-corrected chi connectivity index (χ4v) is 4.39. The van der Waals surface area contributed by atoms with Gasteiger partial charge in [0.1, 0.15) is 9.84 Å². The summed E-state index contributed by atoms with van der Waals surface area (Å²) in [5.41, 5.74) is 5.61. The second kappa shape index (κ2) is 9.18. The first kappa shape index (κ1) is 22.3. The van der Waals surface area contributed by atoms with Crippen LogP contribution in [0.4, 0.5) is 0 Å². The van der Waals surface area contributed by atoms with E-state index in [0.717, 1.165) is 22.6 Å². The van der Waals surface area contributed by atoms with E-state index in [4.69, 9.17) is 0 Å². The van der Waals surface area contributed by atoms with E-state index in [9.17, 15) is 13.2 Å². The van der Waals surface area contributed by atoms with Crippen molar-refractivity contribution < 1.29 is 13.2 Å². The smallest absolute Gasteiger partial charge is 0.246 e. The first-order valence-electron chi connectivity index (χ1n) is 10.3. The summed E-state index contributed by atoms with van der Waals surface area (Å²) >= 11 is 0. The Morgan fingerprint density at radius 3 is 2.27 bits per heavy atom. The van der Waals surface area contributed by atoms with E-state index in [-0.39, 0.29) is 11.7 Å². The lowest BCUT2D eigenvalue weighted by atomic mass is 10.2. The van der Waals surface area contributed by atoms with E-state index in [2.05, 4.69) is 60.6 Å². The van der Waals surface area contributed by atoms with Crippen molar-refractivity contribution in [2.75, 3.05) is 44.7 Å². The van der Waals surface area contributed by atoms with Crippen LogP contribution in [0, 0.1) is 20.8 Å². The molecule has 162 valence electrons. The summed E-state index contributed by atoms with van der Waals surface area (Å²) in [5.74, 6) is 0.162. The number of hydrogen-bond acceptors (Lipinski definition) is 4. The van der Waals surface area contributed by atoms with Crippen LogP contribution in [0.3, 0.4) is 0 Å². The molecular formula is C23H31N3O3S. The molecule has 3 rings (SSSR count). The summed E-state index contributed by atoms with van der Waals surface area (Å²) in [6.45, 7) is 9.39. The molecule has 7 heteroatoms. The Labute approximate surface area is 179 Å². The molecule has 30 heavy (non-hydrogen) atoms. The van der Waals surface area contributed by atoms with Crippen LogP contribution in [0.15, 0.2) is 36.4 Å². The van der Waals surface area contributed by atoms with Gasteiger partial charge in [0, 0.05) is 62.1 Å². The first-order valence-corrected chi connectivity index (χ1v) is 12.3. The van der Waals surface area contributed by atoms with Gasteiger partial charge in [0.05, 0.1) is 5.75 Å². The van der Waals surface area contributed by atoms with Gasteiger partial charge >= 0.3 is 0 Å². The van der Waals surface area contributed by atoms with Gasteiger partial charge in [-0.1, -0.05) is 17.7 Å². The van der Waals surface area contributed by atoms with Crippen molar-refractivity contribution in [1.82, 2.24) is 14.4 Å². The number of carbonyl (C=O) groups excluding carboxylic acids is 1. The van der Waals surface area contributed by atoms with E-state index >= 15 is 0 Å². The molecule has 0 N–H and O–H groups in total. The van der Waals surface area contributed by atoms with E-state index in [1.807, 2.05) is 11.0 Å². The van der Waals surface area contributed by atoms with Crippen molar-refractivity contribution in [3.05, 3.63) is 58.9 Å². The molecule has 0 atom stereocenters. The third kappa shape index (κ3) is 5.61. The van der Waals surface area contributed by atoms with Gasteiger partial charge in [0.15, 0.2) is 0 Å². The largest absolute Gasteiger partial charge is 0.337 e. The van der Waals surface area contributed by atoms with Crippen LogP contribution in [-0.4, -0.2) is 73.4 Å². The molecular weight excluding hydrogens is 398 g/mol. The molecule has 2 heterocycles. The minimum atomic E-state index is -2.96. The number of sulfone groups is 1. The molecule has 0 aliphatic carbocycles. The molecule has 0 unspecified atom stereocenters. The SMILES string of the molecule is Cc1ccc(-n2c(C)cc(/C=C/C(=O)N3CCN(CCS(C)(=O)=O)CC3)c2C)cc1. The predicted octanol–water partition coefficient (Wildman–Crippen LogP) is 2.60. The molecule has 1 amide bonds. The van der Waals surface area contributed by atoms with Crippen LogP contribution in [0.2, 0.25) is 0 Å². The fourth-order valence-electron chi connectivity index (χ4n) is 3.80. The van der Waals surface area contributed by atoms with E-state index in [1.165, 1.54) is 11.8 Å². The highest BCUT2D eigenvalue weighted by Gasteiger charge is 2.20. The van der Waals surface area contributed by atoms with Gasteiger partial charge in [0.2, 0.25) is 5.91 Å². The highest BCUT2D eigenvalue weighted by molar-refractivity contribution is 7.90. The molecule has 1 aromatic carbocycles. The normalized spacial score (nSPS) is 15.8. The van der Waals surface area contributed by atoms with Crippen LogP contribution < -0.4 is 0 Å². The molecule has 2 aromatic rings. The maximum Gasteiger partial charge on any atom is 0.246 e. The lowest BCUT2D eigenvalue weighted by Crippen LogP contribution is -2.49. The van der Waals surface area contributed by atoms with Gasteiger partial charge in [-0.2, -0.15) is 0 Å². The van der Waals surface area contributed by atoms with Crippen LogP contribution in [-0.2, 0) is 14.6 Å². The van der Waals surface area contributed by atoms with Crippen LogP contribution in [0.5, 0.6) is 0 Å². The van der Waals surface area contributed by atoms with Crippen LogP contribution in [0.1, 0.15) is 22.5 Å². The second-order valence-corrected chi connectivity index (χ2v) is 10.4. The van der Waals surface area contributed by atoms with E-state index < -0.39 is 9.84 Å². The lowest BCUT2D eigenvalue weighted by Gasteiger charge is -2.34. The molecule has 1 aromatic heterocycles. The minimum Gasteiger partial charge on any atom is -0.337 e. The quantitative estimate of drug-likeness (QED) is 0.662. The Hall–Kier alpha value is -2.38. The number of aromatic nitrogens is 1. The highest BCUT2D eigenvalue weighted by atomic mass is 32.2.